The zero-order chi connectivity index (χ0) is 27.8. The Morgan fingerprint density at radius 3 is 2.63 bits per heavy atom. The number of carbonyl (C=O) groups excluding carboxylic acids is 2. The smallest absolute Gasteiger partial charge is 0.405 e. The minimum Gasteiger partial charge on any atom is -0.465 e. The molecular weight excluding hydrogens is 490 g/mol. The molecule has 38 heavy (non-hydrogen) atoms. The summed E-state index contributed by atoms with van der Waals surface area (Å²) in [5.74, 6) is -0.119. The van der Waals surface area contributed by atoms with Gasteiger partial charge in [0, 0.05) is 20.3 Å². The lowest BCUT2D eigenvalue weighted by Gasteiger charge is -2.16. The van der Waals surface area contributed by atoms with E-state index in [1.807, 2.05) is 18.2 Å². The van der Waals surface area contributed by atoms with E-state index in [0.29, 0.717) is 22.9 Å². The van der Waals surface area contributed by atoms with Crippen molar-refractivity contribution in [2.45, 2.75) is 45.7 Å². The standard InChI is InChI=1S/C27H33N5O6/c1-17(2)15-18-9-7-11-19-24(18)38-22(28-19)16-32-14-8-12-21(26(32)35)29-25(34)20(30-27(36)37)10-5-6-13-23(33)31(3)4/h6-9,11-14,17,20,30H,5,10,15-16H2,1-4H3,(H,29,34)(H,36,37). The maximum Gasteiger partial charge on any atom is 0.405 e. The predicted molar refractivity (Wildman–Crippen MR) is 143 cm³/mol. The van der Waals surface area contributed by atoms with Crippen molar-refractivity contribution < 1.29 is 23.9 Å². The van der Waals surface area contributed by atoms with Crippen LogP contribution in [0.1, 0.15) is 38.1 Å². The van der Waals surface area contributed by atoms with E-state index < -0.39 is 23.6 Å². The molecule has 3 N–H and O–H groups in total. The van der Waals surface area contributed by atoms with Crippen LogP contribution in [0.2, 0.25) is 0 Å². The predicted octanol–water partition coefficient (Wildman–Crippen LogP) is 3.24. The highest BCUT2D eigenvalue weighted by Gasteiger charge is 2.21. The second-order valence-electron chi connectivity index (χ2n) is 9.53. The normalized spacial score (nSPS) is 12.1. The number of rotatable bonds is 11. The van der Waals surface area contributed by atoms with Gasteiger partial charge in [-0.2, -0.15) is 0 Å². The molecule has 1 atom stereocenters. The van der Waals surface area contributed by atoms with Gasteiger partial charge in [-0.25, -0.2) is 9.78 Å². The molecule has 0 bridgehead atoms. The Labute approximate surface area is 220 Å². The molecule has 1 aromatic carbocycles. The van der Waals surface area contributed by atoms with Crippen LogP contribution in [0.4, 0.5) is 10.5 Å². The molecule has 0 saturated heterocycles. The van der Waals surface area contributed by atoms with E-state index in [2.05, 4.69) is 29.5 Å². The number of allylic oxidation sites excluding steroid dienone is 1. The highest BCUT2D eigenvalue weighted by molar-refractivity contribution is 5.96. The summed E-state index contributed by atoms with van der Waals surface area (Å²) >= 11 is 0. The fourth-order valence-corrected chi connectivity index (χ4v) is 3.86. The van der Waals surface area contributed by atoms with Crippen LogP contribution in [0.25, 0.3) is 11.1 Å². The number of para-hydroxylation sites is 1. The van der Waals surface area contributed by atoms with E-state index in [1.165, 1.54) is 21.6 Å². The summed E-state index contributed by atoms with van der Waals surface area (Å²) in [6.07, 6.45) is 4.29. The second-order valence-corrected chi connectivity index (χ2v) is 9.53. The number of likely N-dealkylation sites (N-methyl/N-ethyl adjacent to an activating group) is 1. The number of amides is 3. The number of fused-ring (bicyclic) bond motifs is 1. The van der Waals surface area contributed by atoms with Gasteiger partial charge in [-0.05, 0) is 55.0 Å². The van der Waals surface area contributed by atoms with Gasteiger partial charge in [-0.15, -0.1) is 0 Å². The first-order chi connectivity index (χ1) is 18.0. The molecule has 3 aromatic rings. The number of anilines is 1. The summed E-state index contributed by atoms with van der Waals surface area (Å²) < 4.78 is 7.34. The van der Waals surface area contributed by atoms with Crippen molar-refractivity contribution in [3.05, 3.63) is 70.5 Å². The molecular formula is C27H33N5O6. The van der Waals surface area contributed by atoms with Gasteiger partial charge in [0.2, 0.25) is 17.7 Å². The van der Waals surface area contributed by atoms with Gasteiger partial charge in [-0.1, -0.05) is 32.1 Å². The molecule has 2 heterocycles. The summed E-state index contributed by atoms with van der Waals surface area (Å²) in [6.45, 7) is 4.30. The molecule has 11 nitrogen and oxygen atoms in total. The van der Waals surface area contributed by atoms with Gasteiger partial charge in [0.25, 0.3) is 5.56 Å². The van der Waals surface area contributed by atoms with Crippen LogP contribution in [0.3, 0.4) is 0 Å². The Morgan fingerprint density at radius 1 is 1.18 bits per heavy atom. The number of oxazole rings is 1. The maximum atomic E-state index is 13.1. The summed E-state index contributed by atoms with van der Waals surface area (Å²) in [6, 6.07) is 7.68. The number of carbonyl (C=O) groups is 3. The van der Waals surface area contributed by atoms with Crippen LogP contribution in [0.15, 0.2) is 57.9 Å². The molecule has 0 aliphatic heterocycles. The van der Waals surface area contributed by atoms with E-state index >= 15 is 0 Å². The molecule has 202 valence electrons. The number of hydrogen-bond donors (Lipinski definition) is 3. The van der Waals surface area contributed by atoms with Crippen molar-refractivity contribution in [2.24, 2.45) is 5.92 Å². The Morgan fingerprint density at radius 2 is 1.95 bits per heavy atom. The summed E-state index contributed by atoms with van der Waals surface area (Å²) in [5.41, 5.74) is 1.94. The van der Waals surface area contributed by atoms with E-state index in [0.717, 1.165) is 12.0 Å². The lowest BCUT2D eigenvalue weighted by atomic mass is 10.0. The monoisotopic (exact) mass is 523 g/mol. The molecule has 0 radical (unpaired) electrons. The number of hydrogen-bond acceptors (Lipinski definition) is 6. The van der Waals surface area contributed by atoms with Crippen molar-refractivity contribution in [1.29, 1.82) is 0 Å². The Kier molecular flexibility index (Phi) is 9.42. The van der Waals surface area contributed by atoms with Crippen molar-refractivity contribution in [3.8, 4) is 0 Å². The van der Waals surface area contributed by atoms with E-state index in [9.17, 15) is 19.2 Å². The van der Waals surface area contributed by atoms with Gasteiger partial charge in [0.05, 0.1) is 0 Å². The highest BCUT2D eigenvalue weighted by atomic mass is 16.4. The molecule has 3 amide bonds. The average Bonchev–Trinajstić information content (AvgIpc) is 3.26. The first-order valence-electron chi connectivity index (χ1n) is 12.3. The zero-order valence-electron chi connectivity index (χ0n) is 21.9. The molecule has 0 spiro atoms. The van der Waals surface area contributed by atoms with Crippen molar-refractivity contribution in [2.75, 3.05) is 19.4 Å². The van der Waals surface area contributed by atoms with Crippen molar-refractivity contribution >= 4 is 34.7 Å². The number of nitrogens with one attached hydrogen (secondary N) is 2. The molecule has 11 heteroatoms. The third-order valence-corrected chi connectivity index (χ3v) is 5.69. The minimum absolute atomic E-state index is 0.00961. The third-order valence-electron chi connectivity index (χ3n) is 5.69. The lowest BCUT2D eigenvalue weighted by molar-refractivity contribution is -0.123. The second kappa shape index (κ2) is 12.7. The van der Waals surface area contributed by atoms with Crippen molar-refractivity contribution in [1.82, 2.24) is 19.8 Å². The van der Waals surface area contributed by atoms with Gasteiger partial charge >= 0.3 is 6.09 Å². The molecule has 0 aliphatic carbocycles. The summed E-state index contributed by atoms with van der Waals surface area (Å²) in [5, 5.41) is 13.8. The minimum atomic E-state index is -1.38. The molecule has 2 aromatic heterocycles. The van der Waals surface area contributed by atoms with Crippen LogP contribution < -0.4 is 16.2 Å². The quantitative estimate of drug-likeness (QED) is 0.327. The first-order valence-corrected chi connectivity index (χ1v) is 12.3. The van der Waals surface area contributed by atoms with Gasteiger partial charge < -0.3 is 29.6 Å². The Balaban J connectivity index is 1.74. The molecule has 0 aliphatic rings. The highest BCUT2D eigenvalue weighted by Crippen LogP contribution is 2.23. The van der Waals surface area contributed by atoms with Crippen molar-refractivity contribution in [3.63, 3.8) is 0 Å². The fourth-order valence-electron chi connectivity index (χ4n) is 3.86. The van der Waals surface area contributed by atoms with Gasteiger partial charge in [0.15, 0.2) is 5.58 Å². The number of nitrogens with zero attached hydrogens (tertiary/aromatic N) is 3. The number of pyridine rings is 1. The first kappa shape index (κ1) is 28.2. The summed E-state index contributed by atoms with van der Waals surface area (Å²) in [7, 11) is 3.21. The topological polar surface area (TPSA) is 147 Å². The molecule has 3 rings (SSSR count). The molecule has 0 fully saturated rings. The van der Waals surface area contributed by atoms with Crippen LogP contribution in [-0.2, 0) is 22.6 Å². The largest absolute Gasteiger partial charge is 0.465 e. The Bertz CT molecular complexity index is 1390. The average molecular weight is 524 g/mol. The SMILES string of the molecule is CC(C)Cc1cccc2nc(Cn3cccc(NC(=O)C(CCC=CC(=O)N(C)C)NC(=O)O)c3=O)oc12. The van der Waals surface area contributed by atoms with Crippen LogP contribution in [0.5, 0.6) is 0 Å². The zero-order valence-corrected chi connectivity index (χ0v) is 21.9. The number of aromatic nitrogens is 2. The Hall–Kier alpha value is -4.41. The van der Waals surface area contributed by atoms with Crippen LogP contribution in [-0.4, -0.2) is 57.6 Å². The van der Waals surface area contributed by atoms with Gasteiger partial charge in [-0.3, -0.25) is 14.4 Å². The maximum absolute atomic E-state index is 13.1. The molecule has 1 unspecified atom stereocenters. The van der Waals surface area contributed by atoms with Gasteiger partial charge in [0.1, 0.15) is 23.8 Å². The third kappa shape index (κ3) is 7.55. The summed E-state index contributed by atoms with van der Waals surface area (Å²) in [4.78, 5) is 54.7. The molecule has 0 saturated carbocycles. The van der Waals surface area contributed by atoms with Crippen LogP contribution in [0, 0.1) is 5.92 Å². The lowest BCUT2D eigenvalue weighted by Crippen LogP contribution is -2.44. The number of benzene rings is 1. The number of carboxylic acid groups (broad SMARTS) is 1. The van der Waals surface area contributed by atoms with Crippen LogP contribution >= 0.6 is 0 Å². The van der Waals surface area contributed by atoms with E-state index in [1.54, 1.807) is 32.4 Å². The fraction of sp³-hybridized carbons (Fsp3) is 0.370. The van der Waals surface area contributed by atoms with E-state index in [-0.39, 0.29) is 31.0 Å². The van der Waals surface area contributed by atoms with E-state index in [4.69, 9.17) is 9.52 Å².